The van der Waals surface area contributed by atoms with Crippen molar-refractivity contribution in [2.75, 3.05) is 0 Å². The number of H-pyrrole nitrogens is 1. The van der Waals surface area contributed by atoms with Crippen molar-refractivity contribution < 1.29 is 14.7 Å². The molecule has 3 atom stereocenters. The van der Waals surface area contributed by atoms with Gasteiger partial charge in [0, 0.05) is 0 Å². The summed E-state index contributed by atoms with van der Waals surface area (Å²) in [7, 11) is 0. The van der Waals surface area contributed by atoms with Crippen LogP contribution in [0.4, 0.5) is 0 Å². The second-order valence-electron chi connectivity index (χ2n) is 6.48. The molecule has 0 aliphatic heterocycles. The van der Waals surface area contributed by atoms with Crippen molar-refractivity contribution in [1.29, 1.82) is 0 Å². The molecule has 1 fully saturated rings. The van der Waals surface area contributed by atoms with Crippen LogP contribution in [0.25, 0.3) is 11.0 Å². The summed E-state index contributed by atoms with van der Waals surface area (Å²) in [6.07, 6.45) is 0. The summed E-state index contributed by atoms with van der Waals surface area (Å²) in [6, 6.07) is 7.34. The SMILES string of the molecule is CC(NC(=O)[C@@H]1[C@H](C(=O)O)C1(C)C)c1nc2ccccc2[nH]1. The summed E-state index contributed by atoms with van der Waals surface area (Å²) in [5.41, 5.74) is 1.26. The molecule has 1 aliphatic carbocycles. The van der Waals surface area contributed by atoms with Crippen LogP contribution in [0.1, 0.15) is 32.6 Å². The minimum absolute atomic E-state index is 0.231. The van der Waals surface area contributed by atoms with Gasteiger partial charge in [-0.05, 0) is 24.5 Å². The summed E-state index contributed by atoms with van der Waals surface area (Å²) in [5, 5.41) is 12.0. The summed E-state index contributed by atoms with van der Waals surface area (Å²) < 4.78 is 0. The first-order chi connectivity index (χ1) is 10.3. The largest absolute Gasteiger partial charge is 0.481 e. The van der Waals surface area contributed by atoms with Gasteiger partial charge < -0.3 is 15.4 Å². The summed E-state index contributed by atoms with van der Waals surface area (Å²) in [6.45, 7) is 5.45. The van der Waals surface area contributed by atoms with E-state index in [1.54, 1.807) is 0 Å². The van der Waals surface area contributed by atoms with Gasteiger partial charge >= 0.3 is 5.97 Å². The lowest BCUT2D eigenvalue weighted by Crippen LogP contribution is -2.30. The molecule has 22 heavy (non-hydrogen) atoms. The molecule has 0 radical (unpaired) electrons. The van der Waals surface area contributed by atoms with E-state index in [0.717, 1.165) is 11.0 Å². The molecule has 116 valence electrons. The van der Waals surface area contributed by atoms with Crippen molar-refractivity contribution >= 4 is 22.9 Å². The number of benzene rings is 1. The molecule has 6 nitrogen and oxygen atoms in total. The van der Waals surface area contributed by atoms with E-state index in [4.69, 9.17) is 5.11 Å². The molecule has 1 aliphatic rings. The summed E-state index contributed by atoms with van der Waals surface area (Å²) >= 11 is 0. The van der Waals surface area contributed by atoms with Crippen LogP contribution in [-0.4, -0.2) is 27.0 Å². The second kappa shape index (κ2) is 4.83. The summed E-state index contributed by atoms with van der Waals surface area (Å²) in [4.78, 5) is 31.1. The van der Waals surface area contributed by atoms with Gasteiger partial charge in [0.25, 0.3) is 0 Å². The minimum Gasteiger partial charge on any atom is -0.481 e. The molecule has 6 heteroatoms. The molecule has 0 spiro atoms. The van der Waals surface area contributed by atoms with Crippen LogP contribution < -0.4 is 5.32 Å². The van der Waals surface area contributed by atoms with E-state index < -0.39 is 23.2 Å². The molecule has 3 N–H and O–H groups in total. The molecular weight excluding hydrogens is 282 g/mol. The van der Waals surface area contributed by atoms with Crippen LogP contribution in [0.3, 0.4) is 0 Å². The van der Waals surface area contributed by atoms with Crippen molar-refractivity contribution in [1.82, 2.24) is 15.3 Å². The number of carbonyl (C=O) groups is 2. The highest BCUT2D eigenvalue weighted by molar-refractivity contribution is 5.91. The Morgan fingerprint density at radius 3 is 2.59 bits per heavy atom. The third-order valence-corrected chi connectivity index (χ3v) is 4.55. The average Bonchev–Trinajstić information content (AvgIpc) is 2.82. The van der Waals surface area contributed by atoms with E-state index in [0.29, 0.717) is 5.82 Å². The van der Waals surface area contributed by atoms with Crippen LogP contribution in [0.15, 0.2) is 24.3 Å². The predicted octanol–water partition coefficient (Wildman–Crippen LogP) is 2.10. The molecule has 0 bridgehead atoms. The van der Waals surface area contributed by atoms with Gasteiger partial charge in [0.15, 0.2) is 0 Å². The number of para-hydroxylation sites is 2. The maximum atomic E-state index is 12.3. The number of aromatic nitrogens is 2. The third-order valence-electron chi connectivity index (χ3n) is 4.55. The Morgan fingerprint density at radius 1 is 1.32 bits per heavy atom. The highest BCUT2D eigenvalue weighted by Gasteiger charge is 2.65. The van der Waals surface area contributed by atoms with Gasteiger partial charge in [0.1, 0.15) is 5.82 Å². The number of aliphatic carboxylic acids is 1. The van der Waals surface area contributed by atoms with Crippen molar-refractivity contribution in [3.63, 3.8) is 0 Å². The van der Waals surface area contributed by atoms with Gasteiger partial charge in [0.05, 0.1) is 28.9 Å². The van der Waals surface area contributed by atoms with Gasteiger partial charge in [-0.1, -0.05) is 26.0 Å². The smallest absolute Gasteiger partial charge is 0.307 e. The van der Waals surface area contributed by atoms with E-state index in [1.165, 1.54) is 0 Å². The highest BCUT2D eigenvalue weighted by atomic mass is 16.4. The Morgan fingerprint density at radius 2 is 2.00 bits per heavy atom. The van der Waals surface area contributed by atoms with Gasteiger partial charge in [-0.25, -0.2) is 4.98 Å². The van der Waals surface area contributed by atoms with Gasteiger partial charge in [-0.2, -0.15) is 0 Å². The van der Waals surface area contributed by atoms with Crippen LogP contribution in [0, 0.1) is 17.3 Å². The molecule has 1 unspecified atom stereocenters. The van der Waals surface area contributed by atoms with E-state index in [2.05, 4.69) is 15.3 Å². The van der Waals surface area contributed by atoms with E-state index in [-0.39, 0.29) is 11.9 Å². The number of fused-ring (bicyclic) bond motifs is 1. The number of hydrogen-bond donors (Lipinski definition) is 3. The van der Waals surface area contributed by atoms with Crippen LogP contribution >= 0.6 is 0 Å². The number of carbonyl (C=O) groups excluding carboxylic acids is 1. The number of nitrogens with zero attached hydrogens (tertiary/aromatic N) is 1. The molecular formula is C16H19N3O3. The Bertz CT molecular complexity index is 717. The van der Waals surface area contributed by atoms with Crippen molar-refractivity contribution in [3.8, 4) is 0 Å². The first-order valence-corrected chi connectivity index (χ1v) is 7.30. The number of aromatic amines is 1. The van der Waals surface area contributed by atoms with Crippen molar-refractivity contribution in [2.24, 2.45) is 17.3 Å². The first kappa shape index (κ1) is 14.6. The van der Waals surface area contributed by atoms with Crippen LogP contribution in [-0.2, 0) is 9.59 Å². The lowest BCUT2D eigenvalue weighted by atomic mass is 10.1. The fourth-order valence-corrected chi connectivity index (χ4v) is 3.14. The fourth-order valence-electron chi connectivity index (χ4n) is 3.14. The minimum atomic E-state index is -0.915. The molecule has 1 saturated carbocycles. The fraction of sp³-hybridized carbons (Fsp3) is 0.438. The number of carboxylic acids is 1. The molecule has 3 rings (SSSR count). The monoisotopic (exact) mass is 301 g/mol. The molecule has 1 aromatic heterocycles. The van der Waals surface area contributed by atoms with E-state index in [9.17, 15) is 9.59 Å². The number of rotatable bonds is 4. The Hall–Kier alpha value is -2.37. The zero-order valence-corrected chi connectivity index (χ0v) is 12.8. The lowest BCUT2D eigenvalue weighted by molar-refractivity contribution is -0.140. The van der Waals surface area contributed by atoms with Crippen LogP contribution in [0.2, 0.25) is 0 Å². The van der Waals surface area contributed by atoms with Gasteiger partial charge in [-0.3, -0.25) is 9.59 Å². The predicted molar refractivity (Wildman–Crippen MR) is 81.0 cm³/mol. The topological polar surface area (TPSA) is 95.1 Å². The first-order valence-electron chi connectivity index (χ1n) is 7.30. The van der Waals surface area contributed by atoms with E-state index in [1.807, 2.05) is 45.0 Å². The molecule has 1 amide bonds. The number of carboxylic acid groups (broad SMARTS) is 1. The zero-order valence-electron chi connectivity index (χ0n) is 12.8. The molecule has 1 aromatic carbocycles. The highest BCUT2D eigenvalue weighted by Crippen LogP contribution is 2.58. The standard InChI is InChI=1S/C16H19N3O3/c1-8(13-18-9-6-4-5-7-10(9)19-13)17-14(20)11-12(15(21)22)16(11,2)3/h4-8,11-12H,1-3H3,(H,17,20)(H,18,19)(H,21,22)/t8?,11-,12+/m0/s1. The van der Waals surface area contributed by atoms with Crippen molar-refractivity contribution in [2.45, 2.75) is 26.8 Å². The number of amides is 1. The van der Waals surface area contributed by atoms with E-state index >= 15 is 0 Å². The quantitative estimate of drug-likeness (QED) is 0.806. The molecule has 0 saturated heterocycles. The Labute approximate surface area is 127 Å². The van der Waals surface area contributed by atoms with Crippen LogP contribution in [0.5, 0.6) is 0 Å². The maximum Gasteiger partial charge on any atom is 0.307 e. The average molecular weight is 301 g/mol. The second-order valence-corrected chi connectivity index (χ2v) is 6.48. The van der Waals surface area contributed by atoms with Gasteiger partial charge in [-0.15, -0.1) is 0 Å². The third kappa shape index (κ3) is 2.24. The normalized spacial score (nSPS) is 24.0. The Kier molecular flexibility index (Phi) is 3.20. The van der Waals surface area contributed by atoms with Gasteiger partial charge in [0.2, 0.25) is 5.91 Å². The summed E-state index contributed by atoms with van der Waals surface area (Å²) in [5.74, 6) is -1.58. The zero-order chi connectivity index (χ0) is 16.1. The van der Waals surface area contributed by atoms with Crippen molar-refractivity contribution in [3.05, 3.63) is 30.1 Å². The maximum absolute atomic E-state index is 12.3. The number of hydrogen-bond acceptors (Lipinski definition) is 3. The number of nitrogens with one attached hydrogen (secondary N) is 2. The molecule has 1 heterocycles. The Balaban J connectivity index is 1.73. The lowest BCUT2D eigenvalue weighted by Gasteiger charge is -2.12. The number of imidazole rings is 1. The molecule has 2 aromatic rings.